The second-order valence-corrected chi connectivity index (χ2v) is 6.02. The number of hydrogen-bond donors (Lipinski definition) is 0. The Balaban J connectivity index is 1.80. The van der Waals surface area contributed by atoms with Crippen molar-refractivity contribution in [1.29, 1.82) is 0 Å². The lowest BCUT2D eigenvalue weighted by molar-refractivity contribution is 0.0600. The average molecular weight is 395 g/mol. The number of rotatable bonds is 4. The molecule has 2 aromatic carbocycles. The molecule has 0 aliphatic heterocycles. The van der Waals surface area contributed by atoms with Gasteiger partial charge in [0.05, 0.1) is 29.2 Å². The van der Waals surface area contributed by atoms with E-state index in [2.05, 4.69) is 25.8 Å². The smallest absolute Gasteiger partial charge is 0.337 e. The number of benzene rings is 2. The second-order valence-electron chi connectivity index (χ2n) is 5.23. The van der Waals surface area contributed by atoms with Crippen LogP contribution < -0.4 is 0 Å². The van der Waals surface area contributed by atoms with Gasteiger partial charge in [-0.2, -0.15) is 5.10 Å². The van der Waals surface area contributed by atoms with Gasteiger partial charge in [0.15, 0.2) is 0 Å². The van der Waals surface area contributed by atoms with E-state index in [1.807, 2.05) is 0 Å². The number of esters is 1. The lowest BCUT2D eigenvalue weighted by atomic mass is 10.1. The lowest BCUT2D eigenvalue weighted by Gasteiger charge is -2.09. The first-order valence-corrected chi connectivity index (χ1v) is 7.92. The Morgan fingerprint density at radius 2 is 2.00 bits per heavy atom. The summed E-state index contributed by atoms with van der Waals surface area (Å²) in [6.07, 6.45) is 0.285. The van der Waals surface area contributed by atoms with Crippen molar-refractivity contribution in [1.82, 2.24) is 9.78 Å². The first-order valence-electron chi connectivity index (χ1n) is 7.13. The van der Waals surface area contributed by atoms with Crippen molar-refractivity contribution in [2.75, 3.05) is 7.11 Å². The van der Waals surface area contributed by atoms with E-state index in [9.17, 15) is 13.6 Å². The molecule has 0 spiro atoms. The average Bonchev–Trinajstić information content (AvgIpc) is 3.01. The Bertz CT molecular complexity index is 893. The summed E-state index contributed by atoms with van der Waals surface area (Å²) in [5, 5.41) is 4.83. The highest BCUT2D eigenvalue weighted by Gasteiger charge is 2.15. The Labute approximate surface area is 145 Å². The van der Waals surface area contributed by atoms with E-state index in [1.165, 1.54) is 42.1 Å². The third-order valence-electron chi connectivity index (χ3n) is 3.66. The molecule has 3 aromatic rings. The number of aromatic nitrogens is 2. The normalized spacial score (nSPS) is 12.3. The van der Waals surface area contributed by atoms with Crippen LogP contribution in [-0.4, -0.2) is 22.9 Å². The molecular formula is C17H13BrF2N2O2. The fourth-order valence-electron chi connectivity index (χ4n) is 2.39. The van der Waals surface area contributed by atoms with Gasteiger partial charge in [-0.05, 0) is 45.8 Å². The maximum atomic E-state index is 14.5. The molecule has 0 amide bonds. The minimum Gasteiger partial charge on any atom is -0.465 e. The van der Waals surface area contributed by atoms with Crippen LogP contribution in [0, 0.1) is 5.82 Å². The summed E-state index contributed by atoms with van der Waals surface area (Å²) in [7, 11) is 1.29. The van der Waals surface area contributed by atoms with Crippen molar-refractivity contribution >= 4 is 32.8 Å². The molecule has 0 aliphatic carbocycles. The monoisotopic (exact) mass is 394 g/mol. The predicted molar refractivity (Wildman–Crippen MR) is 89.0 cm³/mol. The molecule has 4 nitrogen and oxygen atoms in total. The van der Waals surface area contributed by atoms with Gasteiger partial charge >= 0.3 is 5.97 Å². The molecule has 124 valence electrons. The lowest BCUT2D eigenvalue weighted by Crippen LogP contribution is -2.06. The number of alkyl halides is 1. The zero-order valence-corrected chi connectivity index (χ0v) is 14.3. The summed E-state index contributed by atoms with van der Waals surface area (Å²) in [6.45, 7) is -0.0136. The second kappa shape index (κ2) is 6.68. The molecule has 1 aromatic heterocycles. The van der Waals surface area contributed by atoms with Crippen LogP contribution in [0.4, 0.5) is 8.78 Å². The highest BCUT2D eigenvalue weighted by molar-refractivity contribution is 9.10. The van der Waals surface area contributed by atoms with E-state index in [0.717, 1.165) is 0 Å². The van der Waals surface area contributed by atoms with Crippen molar-refractivity contribution in [2.45, 2.75) is 12.7 Å². The van der Waals surface area contributed by atoms with E-state index >= 15 is 0 Å². The molecule has 0 fully saturated rings. The van der Waals surface area contributed by atoms with Gasteiger partial charge in [0.25, 0.3) is 0 Å². The van der Waals surface area contributed by atoms with Crippen LogP contribution >= 0.6 is 15.9 Å². The molecule has 1 atom stereocenters. The molecular weight excluding hydrogens is 382 g/mol. The largest absolute Gasteiger partial charge is 0.465 e. The van der Waals surface area contributed by atoms with Crippen LogP contribution in [0.25, 0.3) is 10.9 Å². The predicted octanol–water partition coefficient (Wildman–Crippen LogP) is 4.44. The van der Waals surface area contributed by atoms with Crippen molar-refractivity contribution < 1.29 is 18.3 Å². The van der Waals surface area contributed by atoms with Crippen molar-refractivity contribution in [2.24, 2.45) is 0 Å². The van der Waals surface area contributed by atoms with Crippen molar-refractivity contribution in [3.8, 4) is 0 Å². The molecule has 7 heteroatoms. The van der Waals surface area contributed by atoms with Crippen LogP contribution in [0.3, 0.4) is 0 Å². The fraction of sp³-hybridized carbons (Fsp3) is 0.176. The van der Waals surface area contributed by atoms with Gasteiger partial charge in [0.1, 0.15) is 12.0 Å². The first kappa shape index (κ1) is 16.6. The number of carbonyl (C=O) groups excluding carboxylic acids is 1. The molecule has 0 bridgehead atoms. The summed E-state index contributed by atoms with van der Waals surface area (Å²) in [6, 6.07) is 8.95. The zero-order chi connectivity index (χ0) is 17.3. The van der Waals surface area contributed by atoms with Gasteiger partial charge in [-0.15, -0.1) is 0 Å². The molecule has 0 saturated heterocycles. The molecule has 0 saturated carbocycles. The van der Waals surface area contributed by atoms with Gasteiger partial charge in [0, 0.05) is 11.6 Å². The number of halogens is 3. The maximum absolute atomic E-state index is 14.5. The van der Waals surface area contributed by atoms with E-state index < -0.39 is 18.0 Å². The highest BCUT2D eigenvalue weighted by Crippen LogP contribution is 2.27. The number of hydrogen-bond acceptors (Lipinski definition) is 3. The van der Waals surface area contributed by atoms with E-state index in [1.54, 1.807) is 12.3 Å². The van der Waals surface area contributed by atoms with Crippen molar-refractivity contribution in [3.05, 3.63) is 64.0 Å². The van der Waals surface area contributed by atoms with Gasteiger partial charge in [-0.25, -0.2) is 13.6 Å². The topological polar surface area (TPSA) is 44.1 Å². The summed E-state index contributed by atoms with van der Waals surface area (Å²) in [5.74, 6) is -0.862. The summed E-state index contributed by atoms with van der Waals surface area (Å²) >= 11 is 3.17. The number of carbonyl (C=O) groups is 1. The third-order valence-corrected chi connectivity index (χ3v) is 4.47. The van der Waals surface area contributed by atoms with E-state index in [0.29, 0.717) is 26.5 Å². The van der Waals surface area contributed by atoms with Crippen LogP contribution in [0.2, 0.25) is 0 Å². The van der Waals surface area contributed by atoms with Gasteiger partial charge < -0.3 is 4.74 Å². The number of nitrogens with zero attached hydrogens (tertiary/aromatic N) is 2. The van der Waals surface area contributed by atoms with Crippen molar-refractivity contribution in [3.63, 3.8) is 0 Å². The van der Waals surface area contributed by atoms with Gasteiger partial charge in [-0.1, -0.05) is 12.1 Å². The Morgan fingerprint density at radius 1 is 1.29 bits per heavy atom. The molecule has 0 radical (unpaired) electrons. The minimum atomic E-state index is -1.31. The third kappa shape index (κ3) is 3.17. The molecule has 3 rings (SSSR count). The first-order chi connectivity index (χ1) is 11.5. The number of methoxy groups -OCH3 is 1. The standard InChI is InChI=1S/C17H13BrF2N2O2/c1-24-17(23)11-4-2-10(3-5-11)14(20)9-22-8-12-15(21-22)7-6-13(19)16(12)18/h2-8,14H,9H2,1H3/t14-/m0/s1. The van der Waals surface area contributed by atoms with Gasteiger partial charge in [-0.3, -0.25) is 4.68 Å². The van der Waals surface area contributed by atoms with Gasteiger partial charge in [0.2, 0.25) is 0 Å². The van der Waals surface area contributed by atoms with Crippen LogP contribution in [-0.2, 0) is 11.3 Å². The summed E-state index contributed by atoms with van der Waals surface area (Å²) in [4.78, 5) is 11.4. The molecule has 0 N–H and O–H groups in total. The summed E-state index contributed by atoms with van der Waals surface area (Å²) in [5.41, 5.74) is 1.36. The SMILES string of the molecule is COC(=O)c1ccc([C@@H](F)Cn2cc3c(Br)c(F)ccc3n2)cc1. The van der Waals surface area contributed by atoms with Crippen LogP contribution in [0.1, 0.15) is 22.1 Å². The minimum absolute atomic E-state index is 0.0136. The fourth-order valence-corrected chi connectivity index (χ4v) is 2.83. The highest BCUT2D eigenvalue weighted by atomic mass is 79.9. The number of ether oxygens (including phenoxy) is 1. The Morgan fingerprint density at radius 3 is 2.67 bits per heavy atom. The molecule has 1 heterocycles. The molecule has 24 heavy (non-hydrogen) atoms. The zero-order valence-electron chi connectivity index (χ0n) is 12.7. The summed E-state index contributed by atoms with van der Waals surface area (Å²) < 4.78 is 34.4. The number of fused-ring (bicyclic) bond motifs is 1. The molecule has 0 aliphatic rings. The Kier molecular flexibility index (Phi) is 4.62. The van der Waals surface area contributed by atoms with E-state index in [4.69, 9.17) is 0 Å². The van der Waals surface area contributed by atoms with Crippen LogP contribution in [0.5, 0.6) is 0 Å². The van der Waals surface area contributed by atoms with Crippen LogP contribution in [0.15, 0.2) is 47.1 Å². The Hall–Kier alpha value is -2.28. The van der Waals surface area contributed by atoms with E-state index in [-0.39, 0.29) is 6.54 Å². The maximum Gasteiger partial charge on any atom is 0.337 e. The molecule has 0 unspecified atom stereocenters. The quantitative estimate of drug-likeness (QED) is 0.614.